The first kappa shape index (κ1) is 16.3. The van der Waals surface area contributed by atoms with E-state index in [0.29, 0.717) is 30.4 Å². The molecule has 0 unspecified atom stereocenters. The van der Waals surface area contributed by atoms with Crippen LogP contribution < -0.4 is 9.80 Å². The lowest BCUT2D eigenvalue weighted by Gasteiger charge is -2.45. The maximum absolute atomic E-state index is 13.2. The average Bonchev–Trinajstić information content (AvgIpc) is 3.37. The molecule has 10 heteroatoms. The third-order valence-corrected chi connectivity index (χ3v) is 5.18. The number of aromatic nitrogens is 6. The summed E-state index contributed by atoms with van der Waals surface area (Å²) >= 11 is 0. The Bertz CT molecular complexity index is 960. The number of likely N-dealkylation sites (N-methyl/N-ethyl adjacent to an activating group) is 1. The Morgan fingerprint density at radius 3 is 2.78 bits per heavy atom. The van der Waals surface area contributed by atoms with Gasteiger partial charge < -0.3 is 9.80 Å². The predicted molar refractivity (Wildman–Crippen MR) is 94.2 cm³/mol. The third-order valence-electron chi connectivity index (χ3n) is 5.18. The largest absolute Gasteiger partial charge is 0.353 e. The molecule has 8 nitrogen and oxygen atoms in total. The second kappa shape index (κ2) is 6.07. The fraction of sp³-hybridized carbons (Fsp3) is 0.471. The van der Waals surface area contributed by atoms with Gasteiger partial charge in [0.2, 0.25) is 5.65 Å². The lowest BCUT2D eigenvalue weighted by atomic mass is 10.1. The standard InChI is InChI=1S/C17H18F2N8/c1-25(13-6-12(14(18)19)22-15(23-13)10-2-3-10)11-7-27(8-11)16-17-24-21-9-26(17)5-4-20-16/h4-6,9-11,14H,2-3,7-8H2,1H3. The molecular weight excluding hydrogens is 354 g/mol. The molecule has 0 aromatic carbocycles. The molecule has 3 aromatic heterocycles. The molecular formula is C17H18F2N8. The molecule has 0 amide bonds. The van der Waals surface area contributed by atoms with Crippen LogP contribution in [0.3, 0.4) is 0 Å². The highest BCUT2D eigenvalue weighted by molar-refractivity contribution is 5.65. The zero-order valence-electron chi connectivity index (χ0n) is 14.7. The van der Waals surface area contributed by atoms with Crippen molar-refractivity contribution in [2.24, 2.45) is 0 Å². The fourth-order valence-corrected chi connectivity index (χ4v) is 3.32. The summed E-state index contributed by atoms with van der Waals surface area (Å²) in [4.78, 5) is 17.1. The number of anilines is 2. The van der Waals surface area contributed by atoms with Gasteiger partial charge in [0.25, 0.3) is 6.43 Å². The Morgan fingerprint density at radius 1 is 1.22 bits per heavy atom. The molecule has 0 N–H and O–H groups in total. The topological polar surface area (TPSA) is 75.3 Å². The molecule has 5 rings (SSSR count). The molecule has 1 aliphatic heterocycles. The first-order valence-electron chi connectivity index (χ1n) is 8.89. The van der Waals surface area contributed by atoms with Crippen LogP contribution in [0, 0.1) is 0 Å². The summed E-state index contributed by atoms with van der Waals surface area (Å²) in [7, 11) is 1.89. The summed E-state index contributed by atoms with van der Waals surface area (Å²) in [6.07, 6.45) is 4.50. The van der Waals surface area contributed by atoms with E-state index < -0.39 is 6.43 Å². The van der Waals surface area contributed by atoms with Crippen molar-refractivity contribution in [3.8, 4) is 0 Å². The van der Waals surface area contributed by atoms with Gasteiger partial charge in [-0.1, -0.05) is 0 Å². The molecule has 140 valence electrons. The summed E-state index contributed by atoms with van der Waals surface area (Å²) in [5.41, 5.74) is 0.511. The number of hydrogen-bond donors (Lipinski definition) is 0. The van der Waals surface area contributed by atoms with Crippen molar-refractivity contribution < 1.29 is 8.78 Å². The van der Waals surface area contributed by atoms with Gasteiger partial charge in [0, 0.05) is 44.5 Å². The minimum Gasteiger partial charge on any atom is -0.353 e. The Balaban J connectivity index is 1.35. The van der Waals surface area contributed by atoms with E-state index in [4.69, 9.17) is 0 Å². The van der Waals surface area contributed by atoms with Gasteiger partial charge in [-0.2, -0.15) is 0 Å². The van der Waals surface area contributed by atoms with E-state index >= 15 is 0 Å². The second-order valence-electron chi connectivity index (χ2n) is 7.07. The Hall–Kier alpha value is -2.91. The Kier molecular flexibility index (Phi) is 3.66. The number of nitrogens with zero attached hydrogens (tertiary/aromatic N) is 8. The summed E-state index contributed by atoms with van der Waals surface area (Å²) in [5.74, 6) is 2.10. The minimum absolute atomic E-state index is 0.155. The number of rotatable bonds is 5. The fourth-order valence-electron chi connectivity index (χ4n) is 3.32. The van der Waals surface area contributed by atoms with Gasteiger partial charge in [0.05, 0.1) is 6.04 Å². The van der Waals surface area contributed by atoms with Crippen LogP contribution in [-0.4, -0.2) is 55.7 Å². The van der Waals surface area contributed by atoms with E-state index in [0.717, 1.165) is 18.7 Å². The second-order valence-corrected chi connectivity index (χ2v) is 7.07. The van der Waals surface area contributed by atoms with Gasteiger partial charge >= 0.3 is 0 Å². The number of alkyl halides is 2. The highest BCUT2D eigenvalue weighted by Crippen LogP contribution is 2.39. The normalized spacial score (nSPS) is 17.6. The molecule has 1 aliphatic carbocycles. The van der Waals surface area contributed by atoms with Gasteiger partial charge in [0.1, 0.15) is 23.7 Å². The van der Waals surface area contributed by atoms with E-state index in [9.17, 15) is 8.78 Å². The lowest BCUT2D eigenvalue weighted by Crippen LogP contribution is -2.59. The Labute approximate surface area is 153 Å². The summed E-state index contributed by atoms with van der Waals surface area (Å²) in [6.45, 7) is 1.42. The van der Waals surface area contributed by atoms with Crippen LogP contribution in [0.1, 0.15) is 36.7 Å². The Morgan fingerprint density at radius 2 is 2.04 bits per heavy atom. The van der Waals surface area contributed by atoms with Crippen molar-refractivity contribution >= 4 is 17.3 Å². The van der Waals surface area contributed by atoms with Crippen molar-refractivity contribution in [1.29, 1.82) is 0 Å². The summed E-state index contributed by atoms with van der Waals surface area (Å²) in [6, 6.07) is 1.55. The van der Waals surface area contributed by atoms with Crippen LogP contribution in [0.15, 0.2) is 24.8 Å². The van der Waals surface area contributed by atoms with E-state index in [1.807, 2.05) is 16.3 Å². The minimum atomic E-state index is -2.59. The molecule has 3 aromatic rings. The average molecular weight is 372 g/mol. The smallest absolute Gasteiger partial charge is 0.280 e. The van der Waals surface area contributed by atoms with Gasteiger partial charge in [-0.25, -0.2) is 23.7 Å². The van der Waals surface area contributed by atoms with Crippen molar-refractivity contribution in [3.05, 3.63) is 36.3 Å². The van der Waals surface area contributed by atoms with E-state index in [1.54, 1.807) is 18.7 Å². The van der Waals surface area contributed by atoms with Crippen LogP contribution in [0.2, 0.25) is 0 Å². The molecule has 0 radical (unpaired) electrons. The van der Waals surface area contributed by atoms with Crippen molar-refractivity contribution in [2.75, 3.05) is 29.9 Å². The van der Waals surface area contributed by atoms with E-state index in [-0.39, 0.29) is 17.7 Å². The van der Waals surface area contributed by atoms with Crippen LogP contribution in [0.5, 0.6) is 0 Å². The molecule has 4 heterocycles. The third kappa shape index (κ3) is 2.84. The highest BCUT2D eigenvalue weighted by Gasteiger charge is 2.35. The molecule has 1 saturated heterocycles. The zero-order chi connectivity index (χ0) is 18.5. The highest BCUT2D eigenvalue weighted by atomic mass is 19.3. The predicted octanol–water partition coefficient (Wildman–Crippen LogP) is 2.05. The lowest BCUT2D eigenvalue weighted by molar-refractivity contribution is 0.145. The van der Waals surface area contributed by atoms with Crippen molar-refractivity contribution in [2.45, 2.75) is 31.2 Å². The van der Waals surface area contributed by atoms with Crippen LogP contribution in [0.4, 0.5) is 20.4 Å². The van der Waals surface area contributed by atoms with Crippen LogP contribution >= 0.6 is 0 Å². The van der Waals surface area contributed by atoms with E-state index in [2.05, 4.69) is 30.0 Å². The zero-order valence-corrected chi connectivity index (χ0v) is 14.7. The summed E-state index contributed by atoms with van der Waals surface area (Å²) in [5, 5.41) is 8.02. The summed E-state index contributed by atoms with van der Waals surface area (Å²) < 4.78 is 28.3. The van der Waals surface area contributed by atoms with Gasteiger partial charge in [-0.3, -0.25) is 4.40 Å². The molecule has 27 heavy (non-hydrogen) atoms. The quantitative estimate of drug-likeness (QED) is 0.678. The van der Waals surface area contributed by atoms with Gasteiger partial charge in [-0.15, -0.1) is 10.2 Å². The molecule has 0 atom stereocenters. The van der Waals surface area contributed by atoms with Crippen LogP contribution in [-0.2, 0) is 0 Å². The number of halogens is 2. The molecule has 0 spiro atoms. The van der Waals surface area contributed by atoms with Gasteiger partial charge in [0.15, 0.2) is 5.82 Å². The molecule has 2 fully saturated rings. The van der Waals surface area contributed by atoms with Gasteiger partial charge in [-0.05, 0) is 12.8 Å². The molecule has 0 bridgehead atoms. The van der Waals surface area contributed by atoms with Crippen molar-refractivity contribution in [3.63, 3.8) is 0 Å². The van der Waals surface area contributed by atoms with E-state index in [1.165, 1.54) is 6.07 Å². The SMILES string of the molecule is CN(c1cc(C(F)F)nc(C2CC2)n1)C1CN(c2nccn3cnnc23)C1. The van der Waals surface area contributed by atoms with Crippen LogP contribution in [0.25, 0.3) is 5.65 Å². The maximum atomic E-state index is 13.2. The number of fused-ring (bicyclic) bond motifs is 1. The first-order chi connectivity index (χ1) is 13.1. The molecule has 1 saturated carbocycles. The van der Waals surface area contributed by atoms with Crippen molar-refractivity contribution in [1.82, 2.24) is 29.5 Å². The first-order valence-corrected chi connectivity index (χ1v) is 8.89. The maximum Gasteiger partial charge on any atom is 0.280 e. The molecule has 2 aliphatic rings. The number of hydrogen-bond acceptors (Lipinski definition) is 7. The monoisotopic (exact) mass is 372 g/mol.